The predicted octanol–water partition coefficient (Wildman–Crippen LogP) is 2.85. The summed E-state index contributed by atoms with van der Waals surface area (Å²) < 4.78 is 22.9. The summed E-state index contributed by atoms with van der Waals surface area (Å²) in [6.07, 6.45) is 5.22. The SMILES string of the molecule is CC(C)OCCC1SCCC1CCOC1CC[S+]([O-])C1. The van der Waals surface area contributed by atoms with Gasteiger partial charge in [0.25, 0.3) is 0 Å². The normalized spacial score (nSPS) is 34.2. The molecule has 5 heteroatoms. The molecule has 0 aromatic heterocycles. The molecule has 2 heterocycles. The van der Waals surface area contributed by atoms with Crippen LogP contribution in [0, 0.1) is 5.92 Å². The Morgan fingerprint density at radius 2 is 2.10 bits per heavy atom. The Bertz CT molecular complexity index is 276. The van der Waals surface area contributed by atoms with E-state index in [4.69, 9.17) is 9.47 Å². The van der Waals surface area contributed by atoms with E-state index in [9.17, 15) is 4.55 Å². The average Bonchev–Trinajstić information content (AvgIpc) is 2.99. The highest BCUT2D eigenvalue weighted by atomic mass is 32.2. The fraction of sp³-hybridized carbons (Fsp3) is 1.00. The molecule has 20 heavy (non-hydrogen) atoms. The minimum absolute atomic E-state index is 0.257. The van der Waals surface area contributed by atoms with Gasteiger partial charge in [-0.2, -0.15) is 11.8 Å². The first-order valence-corrected chi connectivity index (χ1v) is 10.4. The van der Waals surface area contributed by atoms with E-state index in [-0.39, 0.29) is 6.10 Å². The summed E-state index contributed by atoms with van der Waals surface area (Å²) in [5.41, 5.74) is 0. The molecule has 0 bridgehead atoms. The lowest BCUT2D eigenvalue weighted by Gasteiger charge is -2.20. The van der Waals surface area contributed by atoms with Gasteiger partial charge >= 0.3 is 0 Å². The standard InChI is InChI=1S/C15H28O3S2/c1-12(2)17-8-4-15-13(5-9-19-15)3-7-18-14-6-10-20(16)11-14/h12-15H,3-11H2,1-2H3. The second-order valence-corrected chi connectivity index (χ2v) is 9.02. The van der Waals surface area contributed by atoms with Crippen LogP contribution in [-0.2, 0) is 20.6 Å². The van der Waals surface area contributed by atoms with E-state index in [1.807, 2.05) is 0 Å². The van der Waals surface area contributed by atoms with Gasteiger partial charge in [0.2, 0.25) is 0 Å². The molecule has 2 rings (SSSR count). The maximum absolute atomic E-state index is 11.3. The fourth-order valence-corrected chi connectivity index (χ4v) is 5.84. The van der Waals surface area contributed by atoms with Gasteiger partial charge in [0.1, 0.15) is 17.6 Å². The molecule has 2 saturated heterocycles. The van der Waals surface area contributed by atoms with Crippen molar-refractivity contribution in [3.8, 4) is 0 Å². The Morgan fingerprint density at radius 1 is 1.25 bits per heavy atom. The van der Waals surface area contributed by atoms with Gasteiger partial charge in [0.05, 0.1) is 6.10 Å². The Balaban J connectivity index is 1.59. The highest BCUT2D eigenvalue weighted by Crippen LogP contribution is 2.36. The van der Waals surface area contributed by atoms with Crippen LogP contribution in [0.3, 0.4) is 0 Å². The van der Waals surface area contributed by atoms with Gasteiger partial charge in [-0.25, -0.2) is 0 Å². The summed E-state index contributed by atoms with van der Waals surface area (Å²) in [5, 5.41) is 0.745. The number of thioether (sulfide) groups is 1. The summed E-state index contributed by atoms with van der Waals surface area (Å²) in [5.74, 6) is 3.65. The Morgan fingerprint density at radius 3 is 2.80 bits per heavy atom. The highest BCUT2D eigenvalue weighted by Gasteiger charge is 2.29. The molecule has 2 aliphatic rings. The van der Waals surface area contributed by atoms with E-state index in [0.717, 1.165) is 48.7 Å². The van der Waals surface area contributed by atoms with Crippen molar-refractivity contribution in [2.75, 3.05) is 30.5 Å². The third-order valence-corrected chi connectivity index (χ3v) is 7.04. The van der Waals surface area contributed by atoms with Crippen molar-refractivity contribution < 1.29 is 14.0 Å². The molecule has 0 aliphatic carbocycles. The Labute approximate surface area is 130 Å². The van der Waals surface area contributed by atoms with E-state index < -0.39 is 11.2 Å². The largest absolute Gasteiger partial charge is 0.616 e. The molecular formula is C15H28O3S2. The van der Waals surface area contributed by atoms with Crippen LogP contribution in [-0.4, -0.2) is 52.5 Å². The summed E-state index contributed by atoms with van der Waals surface area (Å²) in [6, 6.07) is 0. The number of ether oxygens (including phenoxy) is 2. The lowest BCUT2D eigenvalue weighted by molar-refractivity contribution is 0.0564. The summed E-state index contributed by atoms with van der Waals surface area (Å²) in [7, 11) is 0. The molecule has 4 atom stereocenters. The smallest absolute Gasteiger partial charge is 0.131 e. The van der Waals surface area contributed by atoms with Gasteiger partial charge in [-0.15, -0.1) is 0 Å². The monoisotopic (exact) mass is 320 g/mol. The molecule has 4 unspecified atom stereocenters. The van der Waals surface area contributed by atoms with Crippen molar-refractivity contribution in [1.82, 2.24) is 0 Å². The van der Waals surface area contributed by atoms with E-state index >= 15 is 0 Å². The quantitative estimate of drug-likeness (QED) is 0.645. The molecule has 2 aliphatic heterocycles. The molecule has 0 aromatic carbocycles. The molecule has 0 spiro atoms. The van der Waals surface area contributed by atoms with Gasteiger partial charge in [-0.1, -0.05) is 11.2 Å². The second kappa shape index (κ2) is 8.89. The van der Waals surface area contributed by atoms with E-state index in [1.54, 1.807) is 0 Å². The molecule has 0 amide bonds. The van der Waals surface area contributed by atoms with Gasteiger partial charge in [-0.05, 0) is 44.8 Å². The first kappa shape index (κ1) is 16.9. The topological polar surface area (TPSA) is 41.5 Å². The molecule has 0 aromatic rings. The van der Waals surface area contributed by atoms with Crippen LogP contribution in [0.2, 0.25) is 0 Å². The van der Waals surface area contributed by atoms with Crippen molar-refractivity contribution in [1.29, 1.82) is 0 Å². The second-order valence-electron chi connectivity index (χ2n) is 6.05. The van der Waals surface area contributed by atoms with E-state index in [2.05, 4.69) is 25.6 Å². The zero-order valence-electron chi connectivity index (χ0n) is 12.7. The van der Waals surface area contributed by atoms with Crippen molar-refractivity contribution in [2.24, 2.45) is 5.92 Å². The van der Waals surface area contributed by atoms with Crippen molar-refractivity contribution in [3.63, 3.8) is 0 Å². The van der Waals surface area contributed by atoms with Gasteiger partial charge in [-0.3, -0.25) is 0 Å². The first-order chi connectivity index (χ1) is 9.65. The first-order valence-electron chi connectivity index (χ1n) is 7.85. The summed E-state index contributed by atoms with van der Waals surface area (Å²) >= 11 is 1.48. The zero-order valence-corrected chi connectivity index (χ0v) is 14.3. The van der Waals surface area contributed by atoms with Gasteiger partial charge < -0.3 is 14.0 Å². The third kappa shape index (κ3) is 5.76. The highest BCUT2D eigenvalue weighted by molar-refractivity contribution is 8.00. The number of hydrogen-bond acceptors (Lipinski definition) is 4. The summed E-state index contributed by atoms with van der Waals surface area (Å²) in [6.45, 7) is 5.92. The van der Waals surface area contributed by atoms with Crippen molar-refractivity contribution in [3.05, 3.63) is 0 Å². The number of rotatable bonds is 8. The lowest BCUT2D eigenvalue weighted by atomic mass is 9.97. The lowest BCUT2D eigenvalue weighted by Crippen LogP contribution is -2.20. The molecule has 0 radical (unpaired) electrons. The van der Waals surface area contributed by atoms with Crippen LogP contribution in [0.1, 0.15) is 39.5 Å². The zero-order chi connectivity index (χ0) is 14.4. The Kier molecular flexibility index (Phi) is 7.53. The average molecular weight is 321 g/mol. The molecule has 2 fully saturated rings. The fourth-order valence-electron chi connectivity index (χ4n) is 2.92. The molecular weight excluding hydrogens is 292 g/mol. The maximum Gasteiger partial charge on any atom is 0.131 e. The van der Waals surface area contributed by atoms with E-state index in [0.29, 0.717) is 6.10 Å². The van der Waals surface area contributed by atoms with Crippen molar-refractivity contribution in [2.45, 2.75) is 57.0 Å². The van der Waals surface area contributed by atoms with Crippen LogP contribution in [0.4, 0.5) is 0 Å². The predicted molar refractivity (Wildman–Crippen MR) is 86.9 cm³/mol. The third-order valence-electron chi connectivity index (χ3n) is 4.08. The summed E-state index contributed by atoms with van der Waals surface area (Å²) in [4.78, 5) is 0. The van der Waals surface area contributed by atoms with E-state index in [1.165, 1.54) is 18.6 Å². The van der Waals surface area contributed by atoms with Crippen LogP contribution < -0.4 is 0 Å². The number of hydrogen-bond donors (Lipinski definition) is 0. The minimum Gasteiger partial charge on any atom is -0.616 e. The van der Waals surface area contributed by atoms with Crippen molar-refractivity contribution >= 4 is 22.9 Å². The van der Waals surface area contributed by atoms with Crippen LogP contribution in [0.15, 0.2) is 0 Å². The molecule has 0 N–H and O–H groups in total. The minimum atomic E-state index is -0.620. The Hall–Kier alpha value is 0.580. The maximum atomic E-state index is 11.3. The molecule has 118 valence electrons. The van der Waals surface area contributed by atoms with Crippen LogP contribution in [0.5, 0.6) is 0 Å². The van der Waals surface area contributed by atoms with Gasteiger partial charge in [0.15, 0.2) is 0 Å². The van der Waals surface area contributed by atoms with Crippen LogP contribution in [0.25, 0.3) is 0 Å². The van der Waals surface area contributed by atoms with Gasteiger partial charge in [0, 0.05) is 24.9 Å². The van der Waals surface area contributed by atoms with Crippen LogP contribution >= 0.6 is 11.8 Å². The molecule has 0 saturated carbocycles. The molecule has 3 nitrogen and oxygen atoms in total.